The number of aromatic hydroxyl groups is 1. The maximum atomic E-state index is 10.1. The standard InChI is InChI=1S/C6H5NO3S/c8-5-3-4(7(9)10)1-2-6(5)11/h1-3,8,11H. The molecule has 1 N–H and O–H groups in total. The molecule has 0 aliphatic heterocycles. The maximum absolute atomic E-state index is 10.1. The number of nitrogens with zero attached hydrogens (tertiary/aromatic N) is 1. The Morgan fingerprint density at radius 1 is 1.55 bits per heavy atom. The van der Waals surface area contributed by atoms with Crippen molar-refractivity contribution in [3.8, 4) is 5.75 Å². The van der Waals surface area contributed by atoms with Crippen molar-refractivity contribution in [1.29, 1.82) is 0 Å². The van der Waals surface area contributed by atoms with E-state index in [2.05, 4.69) is 12.6 Å². The highest BCUT2D eigenvalue weighted by molar-refractivity contribution is 7.80. The van der Waals surface area contributed by atoms with Crippen molar-refractivity contribution < 1.29 is 10.0 Å². The largest absolute Gasteiger partial charge is 0.507 e. The van der Waals surface area contributed by atoms with Gasteiger partial charge < -0.3 is 5.11 Å². The molecule has 0 saturated carbocycles. The zero-order chi connectivity index (χ0) is 8.43. The molecule has 0 atom stereocenters. The van der Waals surface area contributed by atoms with E-state index in [1.807, 2.05) is 0 Å². The van der Waals surface area contributed by atoms with E-state index in [4.69, 9.17) is 5.11 Å². The summed E-state index contributed by atoms with van der Waals surface area (Å²) in [5.41, 5.74) is -0.139. The van der Waals surface area contributed by atoms with Crippen molar-refractivity contribution in [3.63, 3.8) is 0 Å². The molecule has 0 aliphatic carbocycles. The molecular formula is C6H5NO3S. The van der Waals surface area contributed by atoms with Gasteiger partial charge in [-0.3, -0.25) is 10.1 Å². The van der Waals surface area contributed by atoms with Crippen molar-refractivity contribution in [3.05, 3.63) is 28.3 Å². The molecule has 1 rings (SSSR count). The number of phenolic OH excluding ortho intramolecular Hbond substituents is 1. The number of nitro groups is 1. The SMILES string of the molecule is O=[N+]([O-])c1ccc(S)c(O)c1. The normalized spacial score (nSPS) is 9.55. The van der Waals surface area contributed by atoms with Gasteiger partial charge in [0.1, 0.15) is 5.75 Å². The van der Waals surface area contributed by atoms with Gasteiger partial charge in [0.05, 0.1) is 11.0 Å². The Labute approximate surface area is 68.0 Å². The predicted octanol–water partition coefficient (Wildman–Crippen LogP) is 1.59. The van der Waals surface area contributed by atoms with Gasteiger partial charge in [0.2, 0.25) is 0 Å². The highest BCUT2D eigenvalue weighted by Crippen LogP contribution is 2.25. The van der Waals surface area contributed by atoms with Gasteiger partial charge in [-0.05, 0) is 6.07 Å². The number of benzene rings is 1. The minimum absolute atomic E-state index is 0.139. The predicted molar refractivity (Wildman–Crippen MR) is 42.0 cm³/mol. The van der Waals surface area contributed by atoms with E-state index < -0.39 is 4.92 Å². The van der Waals surface area contributed by atoms with Crippen LogP contribution in [-0.2, 0) is 0 Å². The van der Waals surface area contributed by atoms with E-state index in [-0.39, 0.29) is 11.4 Å². The number of nitro benzene ring substituents is 1. The minimum atomic E-state index is -0.576. The molecule has 11 heavy (non-hydrogen) atoms. The molecule has 0 aromatic heterocycles. The van der Waals surface area contributed by atoms with Crippen LogP contribution in [0.4, 0.5) is 5.69 Å². The Hall–Kier alpha value is -1.23. The van der Waals surface area contributed by atoms with Crippen LogP contribution in [0, 0.1) is 10.1 Å². The molecule has 58 valence electrons. The van der Waals surface area contributed by atoms with Gasteiger partial charge in [-0.15, -0.1) is 12.6 Å². The quantitative estimate of drug-likeness (QED) is 0.383. The van der Waals surface area contributed by atoms with Gasteiger partial charge in [-0.1, -0.05) is 0 Å². The molecule has 1 aromatic rings. The molecule has 5 heteroatoms. The Bertz CT molecular complexity index is 300. The first-order valence-corrected chi connectivity index (χ1v) is 3.22. The molecule has 0 heterocycles. The summed E-state index contributed by atoms with van der Waals surface area (Å²) in [6.07, 6.45) is 0. The zero-order valence-electron chi connectivity index (χ0n) is 5.39. The van der Waals surface area contributed by atoms with Gasteiger partial charge in [-0.25, -0.2) is 0 Å². The number of rotatable bonds is 1. The number of non-ortho nitro benzene ring substituents is 1. The Kier molecular flexibility index (Phi) is 2.00. The number of hydrogen-bond donors (Lipinski definition) is 2. The van der Waals surface area contributed by atoms with Crippen LogP contribution in [0.25, 0.3) is 0 Å². The van der Waals surface area contributed by atoms with Crippen molar-refractivity contribution in [2.75, 3.05) is 0 Å². The molecule has 0 unspecified atom stereocenters. The van der Waals surface area contributed by atoms with E-state index >= 15 is 0 Å². The van der Waals surface area contributed by atoms with Crippen molar-refractivity contribution >= 4 is 18.3 Å². The van der Waals surface area contributed by atoms with Crippen LogP contribution in [0.2, 0.25) is 0 Å². The lowest BCUT2D eigenvalue weighted by atomic mass is 10.3. The van der Waals surface area contributed by atoms with Gasteiger partial charge in [0, 0.05) is 11.0 Å². The van der Waals surface area contributed by atoms with E-state index in [1.54, 1.807) is 0 Å². The summed E-state index contributed by atoms with van der Waals surface area (Å²) in [6.45, 7) is 0. The van der Waals surface area contributed by atoms with Crippen molar-refractivity contribution in [1.82, 2.24) is 0 Å². The smallest absolute Gasteiger partial charge is 0.273 e. The first-order valence-electron chi connectivity index (χ1n) is 2.77. The average molecular weight is 171 g/mol. The van der Waals surface area contributed by atoms with Crippen LogP contribution < -0.4 is 0 Å². The molecule has 0 bridgehead atoms. The average Bonchev–Trinajstić information content (AvgIpc) is 1.94. The lowest BCUT2D eigenvalue weighted by Crippen LogP contribution is -1.86. The third-order valence-electron chi connectivity index (χ3n) is 1.17. The van der Waals surface area contributed by atoms with Crippen LogP contribution in [0.1, 0.15) is 0 Å². The van der Waals surface area contributed by atoms with Gasteiger partial charge in [0.15, 0.2) is 0 Å². The monoisotopic (exact) mass is 171 g/mol. The molecule has 0 saturated heterocycles. The highest BCUT2D eigenvalue weighted by Gasteiger charge is 2.06. The number of phenols is 1. The molecule has 0 fully saturated rings. The second-order valence-electron chi connectivity index (χ2n) is 1.93. The Balaban J connectivity index is 3.15. The topological polar surface area (TPSA) is 63.4 Å². The molecule has 4 nitrogen and oxygen atoms in total. The molecule has 0 radical (unpaired) electrons. The zero-order valence-corrected chi connectivity index (χ0v) is 6.28. The second kappa shape index (κ2) is 2.79. The lowest BCUT2D eigenvalue weighted by molar-refractivity contribution is -0.385. The van der Waals surface area contributed by atoms with E-state index in [0.29, 0.717) is 4.90 Å². The molecular weight excluding hydrogens is 166 g/mol. The third kappa shape index (κ3) is 1.62. The fourth-order valence-corrected chi connectivity index (χ4v) is 0.764. The summed E-state index contributed by atoms with van der Waals surface area (Å²) in [6, 6.07) is 3.71. The molecule has 0 aliphatic rings. The summed E-state index contributed by atoms with van der Waals surface area (Å²) < 4.78 is 0. The summed E-state index contributed by atoms with van der Waals surface area (Å²) in [7, 11) is 0. The fourth-order valence-electron chi connectivity index (χ4n) is 0.625. The maximum Gasteiger partial charge on any atom is 0.273 e. The second-order valence-corrected chi connectivity index (χ2v) is 2.41. The summed E-state index contributed by atoms with van der Waals surface area (Å²) in [4.78, 5) is 9.89. The van der Waals surface area contributed by atoms with Crippen molar-refractivity contribution in [2.24, 2.45) is 0 Å². The molecule has 0 amide bonds. The fraction of sp³-hybridized carbons (Fsp3) is 0. The van der Waals surface area contributed by atoms with Crippen LogP contribution in [0.5, 0.6) is 5.75 Å². The van der Waals surface area contributed by atoms with Crippen LogP contribution in [0.3, 0.4) is 0 Å². The first-order chi connectivity index (χ1) is 5.11. The minimum Gasteiger partial charge on any atom is -0.507 e. The molecule has 1 aromatic carbocycles. The van der Waals surface area contributed by atoms with Crippen molar-refractivity contribution in [2.45, 2.75) is 4.90 Å². The van der Waals surface area contributed by atoms with Crippen LogP contribution >= 0.6 is 12.6 Å². The van der Waals surface area contributed by atoms with E-state index in [0.717, 1.165) is 6.07 Å². The summed E-state index contributed by atoms with van der Waals surface area (Å²) in [5.74, 6) is -0.178. The highest BCUT2D eigenvalue weighted by atomic mass is 32.1. The number of thiol groups is 1. The molecule has 0 spiro atoms. The summed E-state index contributed by atoms with van der Waals surface area (Å²) in [5, 5.41) is 19.1. The number of hydrogen-bond acceptors (Lipinski definition) is 4. The van der Waals surface area contributed by atoms with E-state index in [1.165, 1.54) is 12.1 Å². The van der Waals surface area contributed by atoms with Gasteiger partial charge in [-0.2, -0.15) is 0 Å². The Morgan fingerprint density at radius 3 is 2.64 bits per heavy atom. The van der Waals surface area contributed by atoms with E-state index in [9.17, 15) is 10.1 Å². The van der Waals surface area contributed by atoms with Gasteiger partial charge >= 0.3 is 0 Å². The third-order valence-corrected chi connectivity index (χ3v) is 1.55. The van der Waals surface area contributed by atoms with Crippen LogP contribution in [0.15, 0.2) is 23.1 Å². The summed E-state index contributed by atoms with van der Waals surface area (Å²) >= 11 is 3.84. The van der Waals surface area contributed by atoms with Crippen LogP contribution in [-0.4, -0.2) is 10.0 Å². The Morgan fingerprint density at radius 2 is 2.18 bits per heavy atom. The first kappa shape index (κ1) is 7.87. The van der Waals surface area contributed by atoms with Gasteiger partial charge in [0.25, 0.3) is 5.69 Å². The lowest BCUT2D eigenvalue weighted by Gasteiger charge is -1.95.